The third-order valence-electron chi connectivity index (χ3n) is 3.62. The van der Waals surface area contributed by atoms with E-state index < -0.39 is 0 Å². The molecule has 1 aliphatic heterocycles. The molecule has 0 bridgehead atoms. The van der Waals surface area contributed by atoms with Crippen molar-refractivity contribution in [1.29, 1.82) is 0 Å². The van der Waals surface area contributed by atoms with Crippen LogP contribution in [0.5, 0.6) is 0 Å². The number of carbonyl (C=O) groups is 1. The fraction of sp³-hybridized carbons (Fsp3) is 0.500. The smallest absolute Gasteiger partial charge is 0.241 e. The molecule has 2 rings (SSSR count). The Morgan fingerprint density at radius 1 is 1.58 bits per heavy atom. The summed E-state index contributed by atoms with van der Waals surface area (Å²) in [6.45, 7) is 3.09. The molecule has 1 amide bonds. The lowest BCUT2D eigenvalue weighted by atomic mass is 9.90. The second-order valence-corrected chi connectivity index (χ2v) is 6.10. The number of piperidine rings is 1. The molecule has 1 aromatic carbocycles. The van der Waals surface area contributed by atoms with E-state index >= 15 is 0 Å². The molecule has 1 aromatic rings. The number of anilines is 1. The van der Waals surface area contributed by atoms with E-state index in [2.05, 4.69) is 33.5 Å². The normalized spacial score (nSPS) is 23.1. The maximum atomic E-state index is 12.3. The summed E-state index contributed by atoms with van der Waals surface area (Å²) >= 11 is 9.41. The summed E-state index contributed by atoms with van der Waals surface area (Å²) in [5, 5.41) is 6.81. The van der Waals surface area contributed by atoms with Crippen molar-refractivity contribution >= 4 is 39.1 Å². The summed E-state index contributed by atoms with van der Waals surface area (Å²) in [5.41, 5.74) is 0.720. The van der Waals surface area contributed by atoms with Gasteiger partial charge in [0.25, 0.3) is 0 Å². The second-order valence-electron chi connectivity index (χ2n) is 4.90. The highest BCUT2D eigenvalue weighted by Gasteiger charge is 2.26. The van der Waals surface area contributed by atoms with Crippen LogP contribution >= 0.6 is 27.5 Å². The van der Waals surface area contributed by atoms with Gasteiger partial charge < -0.3 is 10.6 Å². The van der Waals surface area contributed by atoms with Crippen LogP contribution in [0, 0.1) is 5.92 Å². The van der Waals surface area contributed by atoms with Gasteiger partial charge in [-0.05, 0) is 53.4 Å². The Kier molecular flexibility index (Phi) is 5.25. The molecular formula is C14H18BrClN2O. The van der Waals surface area contributed by atoms with E-state index in [9.17, 15) is 4.79 Å². The van der Waals surface area contributed by atoms with Crippen LogP contribution in [-0.2, 0) is 4.79 Å². The van der Waals surface area contributed by atoms with Crippen molar-refractivity contribution in [2.45, 2.75) is 32.2 Å². The number of hydrogen-bond donors (Lipinski definition) is 2. The fourth-order valence-corrected chi connectivity index (χ4v) is 2.92. The lowest BCUT2D eigenvalue weighted by Gasteiger charge is -2.29. The molecule has 0 spiro atoms. The first-order valence-corrected chi connectivity index (χ1v) is 7.77. The molecule has 19 heavy (non-hydrogen) atoms. The van der Waals surface area contributed by atoms with E-state index in [1.807, 2.05) is 12.1 Å². The molecule has 0 radical (unpaired) electrons. The first-order chi connectivity index (χ1) is 9.11. The fourth-order valence-electron chi connectivity index (χ4n) is 2.39. The SMILES string of the molecule is CCC1CCNC(C(=O)Nc2cccc(Cl)c2Br)C1. The number of rotatable bonds is 3. The Morgan fingerprint density at radius 3 is 3.11 bits per heavy atom. The Balaban J connectivity index is 2.02. The summed E-state index contributed by atoms with van der Waals surface area (Å²) in [5.74, 6) is 0.654. The molecule has 0 saturated carbocycles. The Labute approximate surface area is 127 Å². The van der Waals surface area contributed by atoms with E-state index in [4.69, 9.17) is 11.6 Å². The van der Waals surface area contributed by atoms with Crippen LogP contribution in [0.4, 0.5) is 5.69 Å². The molecule has 1 saturated heterocycles. The zero-order chi connectivity index (χ0) is 13.8. The van der Waals surface area contributed by atoms with Crippen molar-refractivity contribution in [2.24, 2.45) is 5.92 Å². The summed E-state index contributed by atoms with van der Waals surface area (Å²) < 4.78 is 0.730. The van der Waals surface area contributed by atoms with Crippen molar-refractivity contribution in [3.63, 3.8) is 0 Å². The van der Waals surface area contributed by atoms with Gasteiger partial charge in [-0.1, -0.05) is 31.0 Å². The van der Waals surface area contributed by atoms with Gasteiger partial charge in [-0.25, -0.2) is 0 Å². The molecule has 2 atom stereocenters. The van der Waals surface area contributed by atoms with Crippen molar-refractivity contribution < 1.29 is 4.79 Å². The van der Waals surface area contributed by atoms with Crippen LogP contribution in [0.3, 0.4) is 0 Å². The topological polar surface area (TPSA) is 41.1 Å². The molecular weight excluding hydrogens is 328 g/mol. The minimum Gasteiger partial charge on any atom is -0.324 e. The van der Waals surface area contributed by atoms with Gasteiger partial charge >= 0.3 is 0 Å². The van der Waals surface area contributed by atoms with Gasteiger partial charge in [0.2, 0.25) is 5.91 Å². The molecule has 2 unspecified atom stereocenters. The van der Waals surface area contributed by atoms with Crippen LogP contribution in [0.2, 0.25) is 5.02 Å². The minimum atomic E-state index is -0.107. The van der Waals surface area contributed by atoms with Crippen LogP contribution in [0.25, 0.3) is 0 Å². The Morgan fingerprint density at radius 2 is 2.37 bits per heavy atom. The zero-order valence-electron chi connectivity index (χ0n) is 10.9. The molecule has 1 fully saturated rings. The third kappa shape index (κ3) is 3.71. The molecule has 3 nitrogen and oxygen atoms in total. The van der Waals surface area contributed by atoms with Gasteiger partial charge in [-0.2, -0.15) is 0 Å². The highest BCUT2D eigenvalue weighted by atomic mass is 79.9. The van der Waals surface area contributed by atoms with E-state index in [1.54, 1.807) is 6.07 Å². The van der Waals surface area contributed by atoms with Gasteiger partial charge in [-0.15, -0.1) is 0 Å². The summed E-state index contributed by atoms with van der Waals surface area (Å²) in [7, 11) is 0. The van der Waals surface area contributed by atoms with Gasteiger partial charge in [-0.3, -0.25) is 4.79 Å². The average molecular weight is 346 g/mol. The lowest BCUT2D eigenvalue weighted by molar-refractivity contribution is -0.119. The highest BCUT2D eigenvalue weighted by molar-refractivity contribution is 9.10. The zero-order valence-corrected chi connectivity index (χ0v) is 13.2. The monoisotopic (exact) mass is 344 g/mol. The standard InChI is InChI=1S/C14H18BrClN2O/c1-2-9-6-7-17-12(8-9)14(19)18-11-5-3-4-10(16)13(11)15/h3-5,9,12,17H,2,6-8H2,1H3,(H,18,19). The second kappa shape index (κ2) is 6.73. The van der Waals surface area contributed by atoms with Crippen LogP contribution in [-0.4, -0.2) is 18.5 Å². The number of halogens is 2. The lowest BCUT2D eigenvalue weighted by Crippen LogP contribution is -2.46. The number of nitrogens with one attached hydrogen (secondary N) is 2. The largest absolute Gasteiger partial charge is 0.324 e. The first kappa shape index (κ1) is 14.8. The van der Waals surface area contributed by atoms with Crippen molar-refractivity contribution in [3.05, 3.63) is 27.7 Å². The summed E-state index contributed by atoms with van der Waals surface area (Å²) in [6.07, 6.45) is 3.19. The first-order valence-electron chi connectivity index (χ1n) is 6.60. The number of hydrogen-bond acceptors (Lipinski definition) is 2. The molecule has 104 valence electrons. The third-order valence-corrected chi connectivity index (χ3v) is 5.01. The summed E-state index contributed by atoms with van der Waals surface area (Å²) in [4.78, 5) is 12.3. The number of amides is 1. The van der Waals surface area contributed by atoms with Crippen molar-refractivity contribution in [1.82, 2.24) is 5.32 Å². The molecule has 2 N–H and O–H groups in total. The van der Waals surface area contributed by atoms with Crippen LogP contribution in [0.1, 0.15) is 26.2 Å². The van der Waals surface area contributed by atoms with Crippen LogP contribution in [0.15, 0.2) is 22.7 Å². The Hall–Kier alpha value is -0.580. The van der Waals surface area contributed by atoms with Gasteiger partial charge in [0, 0.05) is 0 Å². The van der Waals surface area contributed by atoms with E-state index in [0.29, 0.717) is 10.9 Å². The number of benzene rings is 1. The summed E-state index contributed by atoms with van der Waals surface area (Å²) in [6, 6.07) is 5.34. The van der Waals surface area contributed by atoms with E-state index in [1.165, 1.54) is 0 Å². The molecule has 0 aliphatic carbocycles. The predicted molar refractivity (Wildman–Crippen MR) is 82.6 cm³/mol. The molecule has 0 aromatic heterocycles. The average Bonchev–Trinajstić information content (AvgIpc) is 2.44. The maximum Gasteiger partial charge on any atom is 0.241 e. The van der Waals surface area contributed by atoms with E-state index in [-0.39, 0.29) is 11.9 Å². The van der Waals surface area contributed by atoms with Crippen LogP contribution < -0.4 is 10.6 Å². The Bertz CT molecular complexity index is 467. The van der Waals surface area contributed by atoms with Gasteiger partial charge in [0.15, 0.2) is 0 Å². The van der Waals surface area contributed by atoms with Crippen molar-refractivity contribution in [2.75, 3.05) is 11.9 Å². The predicted octanol–water partition coefficient (Wildman–Crippen LogP) is 3.82. The quantitative estimate of drug-likeness (QED) is 0.874. The molecule has 1 heterocycles. The van der Waals surface area contributed by atoms with Gasteiger partial charge in [0.1, 0.15) is 0 Å². The molecule has 1 aliphatic rings. The van der Waals surface area contributed by atoms with E-state index in [0.717, 1.165) is 36.0 Å². The van der Waals surface area contributed by atoms with Crippen molar-refractivity contribution in [3.8, 4) is 0 Å². The minimum absolute atomic E-state index is 0.0149. The highest BCUT2D eigenvalue weighted by Crippen LogP contribution is 2.30. The van der Waals surface area contributed by atoms with Gasteiger partial charge in [0.05, 0.1) is 21.2 Å². The number of carbonyl (C=O) groups excluding carboxylic acids is 1. The maximum absolute atomic E-state index is 12.3. The molecule has 5 heteroatoms.